The van der Waals surface area contributed by atoms with E-state index in [9.17, 15) is 9.59 Å². The number of nitrogens with zero attached hydrogens (tertiary/aromatic N) is 2. The van der Waals surface area contributed by atoms with Gasteiger partial charge in [0.25, 0.3) is 5.91 Å². The monoisotopic (exact) mass is 373 g/mol. The molecule has 4 rings (SSSR count). The van der Waals surface area contributed by atoms with Crippen LogP contribution in [0.2, 0.25) is 0 Å². The van der Waals surface area contributed by atoms with Gasteiger partial charge in [-0.3, -0.25) is 10.1 Å². The van der Waals surface area contributed by atoms with Crippen LogP contribution in [0.4, 0.5) is 5.13 Å². The Hall–Kier alpha value is -3.76. The highest BCUT2D eigenvalue weighted by molar-refractivity contribution is 7.14. The minimum atomic E-state index is -0.482. The van der Waals surface area contributed by atoms with Crippen molar-refractivity contribution in [2.45, 2.75) is 0 Å². The normalized spacial score (nSPS) is 10.5. The Labute approximate surface area is 157 Å². The van der Waals surface area contributed by atoms with Crippen LogP contribution in [0.3, 0.4) is 0 Å². The maximum atomic E-state index is 12.3. The molecule has 1 N–H and O–H groups in total. The summed E-state index contributed by atoms with van der Waals surface area (Å²) < 4.78 is 5.32. The number of nitriles is 1. The van der Waals surface area contributed by atoms with Crippen molar-refractivity contribution in [2.24, 2.45) is 0 Å². The van der Waals surface area contributed by atoms with Gasteiger partial charge in [0.2, 0.25) is 0 Å². The molecule has 7 heteroatoms. The van der Waals surface area contributed by atoms with Gasteiger partial charge in [-0.2, -0.15) is 5.26 Å². The molecular weight excluding hydrogens is 362 g/mol. The summed E-state index contributed by atoms with van der Waals surface area (Å²) in [5.74, 6) is -0.342. The van der Waals surface area contributed by atoms with E-state index in [0.717, 1.165) is 5.39 Å². The number of benzene rings is 2. The molecule has 4 aromatic rings. The van der Waals surface area contributed by atoms with Crippen molar-refractivity contribution in [3.05, 3.63) is 81.5 Å². The molecule has 0 atom stereocenters. The highest BCUT2D eigenvalue weighted by Crippen LogP contribution is 2.25. The highest BCUT2D eigenvalue weighted by atomic mass is 32.1. The third-order valence-corrected chi connectivity index (χ3v) is 4.68. The smallest absolute Gasteiger partial charge is 0.345 e. The average Bonchev–Trinajstić information content (AvgIpc) is 3.15. The first kappa shape index (κ1) is 16.7. The number of fused-ring (bicyclic) bond motifs is 1. The van der Waals surface area contributed by atoms with Gasteiger partial charge >= 0.3 is 5.63 Å². The van der Waals surface area contributed by atoms with Crippen LogP contribution < -0.4 is 10.9 Å². The Morgan fingerprint density at radius 2 is 1.93 bits per heavy atom. The molecular formula is C20H11N3O3S. The van der Waals surface area contributed by atoms with Gasteiger partial charge in [-0.15, -0.1) is 11.3 Å². The van der Waals surface area contributed by atoms with Crippen LogP contribution in [-0.4, -0.2) is 10.9 Å². The highest BCUT2D eigenvalue weighted by Gasteiger charge is 2.13. The topological polar surface area (TPSA) is 96.0 Å². The minimum Gasteiger partial charge on any atom is -0.422 e. The molecule has 27 heavy (non-hydrogen) atoms. The third kappa shape index (κ3) is 3.34. The minimum absolute atomic E-state index is 0.337. The Kier molecular flexibility index (Phi) is 4.24. The van der Waals surface area contributed by atoms with Crippen molar-refractivity contribution in [3.63, 3.8) is 0 Å². The lowest BCUT2D eigenvalue weighted by Gasteiger charge is -2.02. The lowest BCUT2D eigenvalue weighted by Crippen LogP contribution is -2.11. The molecule has 0 aliphatic heterocycles. The van der Waals surface area contributed by atoms with E-state index in [1.165, 1.54) is 11.3 Å². The van der Waals surface area contributed by atoms with E-state index in [4.69, 9.17) is 9.68 Å². The second kappa shape index (κ2) is 6.86. The number of hydrogen-bond acceptors (Lipinski definition) is 6. The molecule has 0 saturated heterocycles. The van der Waals surface area contributed by atoms with E-state index >= 15 is 0 Å². The van der Waals surface area contributed by atoms with Crippen molar-refractivity contribution in [1.29, 1.82) is 5.26 Å². The third-order valence-electron chi connectivity index (χ3n) is 3.92. The van der Waals surface area contributed by atoms with Gasteiger partial charge in [0, 0.05) is 16.3 Å². The fraction of sp³-hybridized carbons (Fsp3) is 0. The SMILES string of the molecule is N#Cc1ccc(C(=O)Nc2nc(-c3cc4ccccc4oc3=O)cs2)cc1. The lowest BCUT2D eigenvalue weighted by molar-refractivity contribution is 0.102. The van der Waals surface area contributed by atoms with Crippen molar-refractivity contribution in [2.75, 3.05) is 5.32 Å². The van der Waals surface area contributed by atoms with Crippen LogP contribution in [0.15, 0.2) is 69.2 Å². The van der Waals surface area contributed by atoms with Crippen molar-refractivity contribution < 1.29 is 9.21 Å². The average molecular weight is 373 g/mol. The van der Waals surface area contributed by atoms with Gasteiger partial charge in [0.15, 0.2) is 5.13 Å². The Balaban J connectivity index is 1.60. The van der Waals surface area contributed by atoms with Gasteiger partial charge in [-0.05, 0) is 36.4 Å². The summed E-state index contributed by atoms with van der Waals surface area (Å²) in [6, 6.07) is 17.2. The molecule has 2 heterocycles. The number of carbonyl (C=O) groups excluding carboxylic acids is 1. The number of para-hydroxylation sites is 1. The Bertz CT molecular complexity index is 1250. The summed E-state index contributed by atoms with van der Waals surface area (Å²) in [5.41, 5.74) is 1.69. The van der Waals surface area contributed by atoms with E-state index in [2.05, 4.69) is 10.3 Å². The molecule has 0 fully saturated rings. The summed E-state index contributed by atoms with van der Waals surface area (Å²) in [4.78, 5) is 28.8. The van der Waals surface area contributed by atoms with Gasteiger partial charge in [0.05, 0.1) is 22.9 Å². The van der Waals surface area contributed by atoms with Gasteiger partial charge in [0.1, 0.15) is 5.58 Å². The number of carbonyl (C=O) groups is 1. The standard InChI is InChI=1S/C20H11N3O3S/c21-10-12-5-7-13(8-6-12)18(24)23-20-22-16(11-27-20)15-9-14-3-1-2-4-17(14)26-19(15)25/h1-9,11H,(H,22,23,24). The van der Waals surface area contributed by atoms with Crippen molar-refractivity contribution in [3.8, 4) is 17.3 Å². The molecule has 0 bridgehead atoms. The largest absolute Gasteiger partial charge is 0.422 e. The summed E-state index contributed by atoms with van der Waals surface area (Å²) in [5, 5.41) is 14.4. The molecule has 2 aromatic heterocycles. The predicted octanol–water partition coefficient (Wildman–Crippen LogP) is 4.04. The molecule has 130 valence electrons. The Morgan fingerprint density at radius 3 is 2.70 bits per heavy atom. The first-order valence-electron chi connectivity index (χ1n) is 7.94. The van der Waals surface area contributed by atoms with Crippen LogP contribution in [0.5, 0.6) is 0 Å². The zero-order valence-electron chi connectivity index (χ0n) is 13.8. The fourth-order valence-electron chi connectivity index (χ4n) is 2.56. The summed E-state index contributed by atoms with van der Waals surface area (Å²) in [7, 11) is 0. The second-order valence-corrected chi connectivity index (χ2v) is 6.52. The van der Waals surface area contributed by atoms with E-state index in [-0.39, 0.29) is 5.91 Å². The van der Waals surface area contributed by atoms with Crippen LogP contribution in [-0.2, 0) is 0 Å². The van der Waals surface area contributed by atoms with E-state index < -0.39 is 5.63 Å². The van der Waals surface area contributed by atoms with Gasteiger partial charge < -0.3 is 4.42 Å². The maximum absolute atomic E-state index is 12.3. The molecule has 0 unspecified atom stereocenters. The first-order chi connectivity index (χ1) is 13.1. The fourth-order valence-corrected chi connectivity index (χ4v) is 3.27. The van der Waals surface area contributed by atoms with Crippen molar-refractivity contribution >= 4 is 33.3 Å². The molecule has 2 aromatic carbocycles. The summed E-state index contributed by atoms with van der Waals surface area (Å²) in [6.07, 6.45) is 0. The van der Waals surface area contributed by atoms with Crippen LogP contribution in [0.1, 0.15) is 15.9 Å². The molecule has 0 aliphatic carbocycles. The van der Waals surface area contributed by atoms with E-state index in [1.54, 1.807) is 47.8 Å². The van der Waals surface area contributed by atoms with E-state index in [1.807, 2.05) is 18.2 Å². The lowest BCUT2D eigenvalue weighted by atomic mass is 10.1. The number of anilines is 1. The number of amides is 1. The summed E-state index contributed by atoms with van der Waals surface area (Å²) in [6.45, 7) is 0. The van der Waals surface area contributed by atoms with E-state index in [0.29, 0.717) is 33.1 Å². The quantitative estimate of drug-likeness (QED) is 0.547. The first-order valence-corrected chi connectivity index (χ1v) is 8.82. The van der Waals surface area contributed by atoms with Gasteiger partial charge in [-0.25, -0.2) is 9.78 Å². The molecule has 0 spiro atoms. The maximum Gasteiger partial charge on any atom is 0.345 e. The second-order valence-electron chi connectivity index (χ2n) is 5.67. The number of nitrogens with one attached hydrogen (secondary N) is 1. The molecule has 0 aliphatic rings. The van der Waals surface area contributed by atoms with Crippen LogP contribution in [0.25, 0.3) is 22.2 Å². The zero-order valence-corrected chi connectivity index (χ0v) is 14.6. The number of thiazole rings is 1. The summed E-state index contributed by atoms with van der Waals surface area (Å²) >= 11 is 1.21. The van der Waals surface area contributed by atoms with Gasteiger partial charge in [-0.1, -0.05) is 18.2 Å². The zero-order chi connectivity index (χ0) is 18.8. The number of rotatable bonds is 3. The molecule has 0 radical (unpaired) electrons. The molecule has 0 saturated carbocycles. The number of hydrogen-bond donors (Lipinski definition) is 1. The molecule has 6 nitrogen and oxygen atoms in total. The van der Waals surface area contributed by atoms with Crippen LogP contribution >= 0.6 is 11.3 Å². The van der Waals surface area contributed by atoms with Crippen molar-refractivity contribution in [1.82, 2.24) is 4.98 Å². The molecule has 1 amide bonds. The Morgan fingerprint density at radius 1 is 1.15 bits per heavy atom. The number of aromatic nitrogens is 1. The predicted molar refractivity (Wildman–Crippen MR) is 103 cm³/mol. The van der Waals surface area contributed by atoms with Crippen LogP contribution in [0, 0.1) is 11.3 Å².